The zero-order valence-electron chi connectivity index (χ0n) is 17.2. The number of ether oxygens (including phenoxy) is 1. The van der Waals surface area contributed by atoms with Gasteiger partial charge in [-0.1, -0.05) is 23.7 Å². The van der Waals surface area contributed by atoms with Crippen LogP contribution in [-0.4, -0.2) is 59.5 Å². The molecule has 4 rings (SSSR count). The van der Waals surface area contributed by atoms with Crippen LogP contribution in [0.5, 0.6) is 0 Å². The molecular weight excluding hydrogens is 404 g/mol. The molecule has 30 heavy (non-hydrogen) atoms. The highest BCUT2D eigenvalue weighted by Crippen LogP contribution is 2.34. The van der Waals surface area contributed by atoms with Gasteiger partial charge in [0.25, 0.3) is 0 Å². The number of Topliss-reactive ketones (excluding diaryl/α,β-unsaturated/α-hetero) is 1. The molecule has 0 N–H and O–H groups in total. The third-order valence-corrected chi connectivity index (χ3v) is 5.95. The summed E-state index contributed by atoms with van der Waals surface area (Å²) in [7, 11) is 0. The van der Waals surface area contributed by atoms with Crippen LogP contribution in [0.3, 0.4) is 0 Å². The van der Waals surface area contributed by atoms with E-state index in [1.165, 1.54) is 0 Å². The molecule has 1 fully saturated rings. The summed E-state index contributed by atoms with van der Waals surface area (Å²) in [4.78, 5) is 37.9. The van der Waals surface area contributed by atoms with Crippen molar-refractivity contribution in [2.24, 2.45) is 0 Å². The predicted molar refractivity (Wildman–Crippen MR) is 114 cm³/mol. The second-order valence-corrected chi connectivity index (χ2v) is 8.12. The number of rotatable bonds is 3. The van der Waals surface area contributed by atoms with Crippen molar-refractivity contribution in [2.45, 2.75) is 32.6 Å². The Morgan fingerprint density at radius 3 is 2.67 bits per heavy atom. The molecule has 0 radical (unpaired) electrons. The van der Waals surface area contributed by atoms with Crippen LogP contribution in [0.1, 0.15) is 46.6 Å². The number of fused-ring (bicyclic) bond motifs is 1. The maximum atomic E-state index is 12.9. The third kappa shape index (κ3) is 4.12. The van der Waals surface area contributed by atoms with Crippen LogP contribution in [0.2, 0.25) is 5.02 Å². The minimum absolute atomic E-state index is 0.0616. The van der Waals surface area contributed by atoms with Gasteiger partial charge < -0.3 is 14.5 Å². The highest BCUT2D eigenvalue weighted by atomic mass is 35.5. The number of anilines is 1. The molecule has 158 valence electrons. The number of ketones is 1. The van der Waals surface area contributed by atoms with Crippen LogP contribution >= 0.6 is 11.6 Å². The highest BCUT2D eigenvalue weighted by molar-refractivity contribution is 6.30. The van der Waals surface area contributed by atoms with Crippen molar-refractivity contribution in [3.63, 3.8) is 0 Å². The van der Waals surface area contributed by atoms with Crippen LogP contribution in [0.25, 0.3) is 0 Å². The minimum Gasteiger partial charge on any atom is -0.450 e. The smallest absolute Gasteiger partial charge is 0.409 e. The molecule has 1 unspecified atom stereocenters. The second kappa shape index (κ2) is 8.60. The largest absolute Gasteiger partial charge is 0.450 e. The SMILES string of the molecule is CCOC(=O)N1CCN(c2nc(C)c3c(n2)CC(c2cccc(Cl)c2)CC3=O)CC1. The Balaban J connectivity index is 1.55. The third-order valence-electron chi connectivity index (χ3n) is 5.71. The number of carbonyl (C=O) groups excluding carboxylic acids is 2. The predicted octanol–water partition coefficient (Wildman–Crippen LogP) is 3.63. The van der Waals surface area contributed by atoms with Gasteiger partial charge >= 0.3 is 6.09 Å². The van der Waals surface area contributed by atoms with Crippen molar-refractivity contribution in [1.29, 1.82) is 0 Å². The van der Waals surface area contributed by atoms with E-state index in [-0.39, 0.29) is 17.8 Å². The molecule has 1 aromatic heterocycles. The molecule has 2 aliphatic rings. The highest BCUT2D eigenvalue weighted by Gasteiger charge is 2.31. The molecule has 2 heterocycles. The molecule has 1 aliphatic heterocycles. The van der Waals surface area contributed by atoms with Crippen LogP contribution in [0.15, 0.2) is 24.3 Å². The molecule has 1 atom stereocenters. The fourth-order valence-corrected chi connectivity index (χ4v) is 4.40. The first-order valence-corrected chi connectivity index (χ1v) is 10.7. The first kappa shape index (κ1) is 20.6. The van der Waals surface area contributed by atoms with Crippen LogP contribution in [0.4, 0.5) is 10.7 Å². The van der Waals surface area contributed by atoms with Gasteiger partial charge in [0.15, 0.2) is 5.78 Å². The van der Waals surface area contributed by atoms with Gasteiger partial charge in [-0.05, 0) is 43.9 Å². The Bertz CT molecular complexity index is 973. The summed E-state index contributed by atoms with van der Waals surface area (Å²) in [6, 6.07) is 7.69. The van der Waals surface area contributed by atoms with Crippen LogP contribution in [-0.2, 0) is 11.2 Å². The van der Waals surface area contributed by atoms with Crippen molar-refractivity contribution in [3.05, 3.63) is 51.8 Å². The number of aromatic nitrogens is 2. The van der Waals surface area contributed by atoms with E-state index >= 15 is 0 Å². The Hall–Kier alpha value is -2.67. The van der Waals surface area contributed by atoms with E-state index in [1.54, 1.807) is 11.8 Å². The maximum absolute atomic E-state index is 12.9. The molecule has 0 bridgehead atoms. The molecule has 8 heteroatoms. The lowest BCUT2D eigenvalue weighted by molar-refractivity contribution is 0.0960. The number of hydrogen-bond acceptors (Lipinski definition) is 6. The minimum atomic E-state index is -0.283. The summed E-state index contributed by atoms with van der Waals surface area (Å²) in [5.74, 6) is 0.762. The van der Waals surface area contributed by atoms with Gasteiger partial charge in [0.05, 0.1) is 23.6 Å². The van der Waals surface area contributed by atoms with Gasteiger partial charge in [-0.25, -0.2) is 14.8 Å². The van der Waals surface area contributed by atoms with Crippen molar-refractivity contribution in [1.82, 2.24) is 14.9 Å². The number of amides is 1. The molecule has 1 amide bonds. The quantitative estimate of drug-likeness (QED) is 0.743. The van der Waals surface area contributed by atoms with E-state index < -0.39 is 0 Å². The van der Waals surface area contributed by atoms with E-state index in [0.29, 0.717) is 62.2 Å². The van der Waals surface area contributed by atoms with Crippen molar-refractivity contribution in [3.8, 4) is 0 Å². The monoisotopic (exact) mass is 428 g/mol. The zero-order valence-corrected chi connectivity index (χ0v) is 18.0. The van der Waals surface area contributed by atoms with E-state index in [9.17, 15) is 9.59 Å². The first-order valence-electron chi connectivity index (χ1n) is 10.3. The Kier molecular flexibility index (Phi) is 5.90. The number of nitrogens with zero attached hydrogens (tertiary/aromatic N) is 4. The number of benzene rings is 1. The van der Waals surface area contributed by atoms with Crippen LogP contribution < -0.4 is 4.90 Å². The van der Waals surface area contributed by atoms with Crippen molar-refractivity contribution < 1.29 is 14.3 Å². The fraction of sp³-hybridized carbons (Fsp3) is 0.455. The summed E-state index contributed by atoms with van der Waals surface area (Å²) in [5.41, 5.74) is 3.23. The van der Waals surface area contributed by atoms with E-state index in [2.05, 4.69) is 9.88 Å². The average molecular weight is 429 g/mol. The number of hydrogen-bond donors (Lipinski definition) is 0. The summed E-state index contributed by atoms with van der Waals surface area (Å²) >= 11 is 6.15. The van der Waals surface area contributed by atoms with E-state index in [0.717, 1.165) is 17.0 Å². The van der Waals surface area contributed by atoms with Gasteiger partial charge in [0, 0.05) is 37.6 Å². The molecule has 1 saturated heterocycles. The van der Waals surface area contributed by atoms with Crippen LogP contribution in [0, 0.1) is 6.92 Å². The molecular formula is C22H25ClN4O3. The first-order chi connectivity index (χ1) is 14.5. The topological polar surface area (TPSA) is 75.6 Å². The lowest BCUT2D eigenvalue weighted by Gasteiger charge is -2.34. The molecule has 0 saturated carbocycles. The number of halogens is 1. The lowest BCUT2D eigenvalue weighted by Crippen LogP contribution is -2.49. The average Bonchev–Trinajstić information content (AvgIpc) is 2.73. The number of piperazine rings is 1. The van der Waals surface area contributed by atoms with Crippen molar-refractivity contribution >= 4 is 29.4 Å². The van der Waals surface area contributed by atoms with Crippen molar-refractivity contribution in [2.75, 3.05) is 37.7 Å². The molecule has 1 aromatic carbocycles. The summed E-state index contributed by atoms with van der Waals surface area (Å²) in [5, 5.41) is 0.671. The normalized spacial score (nSPS) is 18.9. The van der Waals surface area contributed by atoms with Gasteiger partial charge in [0.2, 0.25) is 5.95 Å². The standard InChI is InChI=1S/C22H25ClN4O3/c1-3-30-22(29)27-9-7-26(8-10-27)21-24-14(2)20-18(25-21)12-16(13-19(20)28)15-5-4-6-17(23)11-15/h4-6,11,16H,3,7-10,12-13H2,1-2H3. The maximum Gasteiger partial charge on any atom is 0.409 e. The molecule has 7 nitrogen and oxygen atoms in total. The molecule has 0 spiro atoms. The summed E-state index contributed by atoms with van der Waals surface area (Å²) in [6.07, 6.45) is 0.838. The Morgan fingerprint density at radius 1 is 1.20 bits per heavy atom. The second-order valence-electron chi connectivity index (χ2n) is 7.69. The zero-order chi connectivity index (χ0) is 21.3. The van der Waals surface area contributed by atoms with Gasteiger partial charge in [-0.3, -0.25) is 4.79 Å². The number of aryl methyl sites for hydroxylation is 1. The summed E-state index contributed by atoms with van der Waals surface area (Å²) < 4.78 is 5.08. The number of carbonyl (C=O) groups is 2. The van der Waals surface area contributed by atoms with Gasteiger partial charge in [-0.15, -0.1) is 0 Å². The summed E-state index contributed by atoms with van der Waals surface area (Å²) in [6.45, 7) is 6.41. The Morgan fingerprint density at radius 2 is 1.97 bits per heavy atom. The Labute approximate surface area is 181 Å². The molecule has 1 aliphatic carbocycles. The van der Waals surface area contributed by atoms with E-state index in [4.69, 9.17) is 21.3 Å². The lowest BCUT2D eigenvalue weighted by atomic mass is 9.81. The van der Waals surface area contributed by atoms with E-state index in [1.807, 2.05) is 31.2 Å². The molecule has 2 aromatic rings. The van der Waals surface area contributed by atoms with Gasteiger partial charge in [0.1, 0.15) is 0 Å². The van der Waals surface area contributed by atoms with Gasteiger partial charge in [-0.2, -0.15) is 0 Å². The fourth-order valence-electron chi connectivity index (χ4n) is 4.20.